The molecule has 84 valence electrons. The predicted molar refractivity (Wildman–Crippen MR) is 63.3 cm³/mol. The first-order chi connectivity index (χ1) is 7.60. The molecule has 1 aromatic rings. The van der Waals surface area contributed by atoms with Crippen molar-refractivity contribution in [1.82, 2.24) is 4.90 Å². The summed E-state index contributed by atoms with van der Waals surface area (Å²) in [4.78, 5) is 13.7. The minimum Gasteiger partial charge on any atom is -0.362 e. The van der Waals surface area contributed by atoms with Gasteiger partial charge in [0.2, 0.25) is 5.91 Å². The highest BCUT2D eigenvalue weighted by Crippen LogP contribution is 2.40. The molecule has 2 aliphatic rings. The summed E-state index contributed by atoms with van der Waals surface area (Å²) in [5, 5.41) is 4.16. The SMILES string of the molecule is CC12CCC(=O)N1Cc1c(Cl)cccc1N2. The molecule has 0 spiro atoms. The largest absolute Gasteiger partial charge is 0.362 e. The standard InChI is InChI=1S/C12H13ClN2O/c1-12-6-5-11(16)15(12)7-8-9(13)3-2-4-10(8)14-12/h2-4,14H,5-7H2,1H3. The number of rotatable bonds is 0. The average molecular weight is 237 g/mol. The van der Waals surface area contributed by atoms with Crippen LogP contribution < -0.4 is 5.32 Å². The Morgan fingerprint density at radius 1 is 1.50 bits per heavy atom. The van der Waals surface area contributed by atoms with Gasteiger partial charge in [-0.1, -0.05) is 17.7 Å². The molecule has 0 bridgehead atoms. The van der Waals surface area contributed by atoms with E-state index >= 15 is 0 Å². The fourth-order valence-corrected chi connectivity index (χ4v) is 2.81. The van der Waals surface area contributed by atoms with E-state index in [4.69, 9.17) is 11.6 Å². The van der Waals surface area contributed by atoms with E-state index < -0.39 is 0 Å². The summed E-state index contributed by atoms with van der Waals surface area (Å²) in [6.07, 6.45) is 1.48. The molecule has 1 saturated heterocycles. The Morgan fingerprint density at radius 3 is 3.12 bits per heavy atom. The van der Waals surface area contributed by atoms with Gasteiger partial charge in [0.25, 0.3) is 0 Å². The lowest BCUT2D eigenvalue weighted by atomic mass is 10.0. The average Bonchev–Trinajstić information content (AvgIpc) is 2.53. The lowest BCUT2D eigenvalue weighted by Crippen LogP contribution is -2.51. The van der Waals surface area contributed by atoms with E-state index in [1.165, 1.54) is 0 Å². The molecule has 4 heteroatoms. The lowest BCUT2D eigenvalue weighted by Gasteiger charge is -2.42. The fourth-order valence-electron chi connectivity index (χ4n) is 2.57. The van der Waals surface area contributed by atoms with Crippen LogP contribution in [0, 0.1) is 0 Å². The van der Waals surface area contributed by atoms with E-state index in [2.05, 4.69) is 12.2 Å². The zero-order chi connectivity index (χ0) is 11.3. The summed E-state index contributed by atoms with van der Waals surface area (Å²) in [6.45, 7) is 2.69. The van der Waals surface area contributed by atoms with Gasteiger partial charge < -0.3 is 10.2 Å². The van der Waals surface area contributed by atoms with Crippen LogP contribution in [0.25, 0.3) is 0 Å². The first-order valence-corrected chi connectivity index (χ1v) is 5.84. The molecular weight excluding hydrogens is 224 g/mol. The minimum atomic E-state index is -0.227. The van der Waals surface area contributed by atoms with Crippen molar-refractivity contribution >= 4 is 23.2 Å². The van der Waals surface area contributed by atoms with Crippen LogP contribution in [-0.2, 0) is 11.3 Å². The summed E-state index contributed by atoms with van der Waals surface area (Å²) in [7, 11) is 0. The second kappa shape index (κ2) is 3.14. The highest BCUT2D eigenvalue weighted by Gasteiger charge is 2.44. The van der Waals surface area contributed by atoms with Gasteiger partial charge in [0.05, 0.1) is 6.54 Å². The molecule has 1 aromatic carbocycles. The Bertz CT molecular complexity index is 474. The van der Waals surface area contributed by atoms with Crippen molar-refractivity contribution in [2.75, 3.05) is 5.32 Å². The molecule has 0 aliphatic carbocycles. The Balaban J connectivity index is 2.09. The summed E-state index contributed by atoms with van der Waals surface area (Å²) < 4.78 is 0. The predicted octanol–water partition coefficient (Wildman–Crippen LogP) is 2.60. The molecule has 3 rings (SSSR count). The van der Waals surface area contributed by atoms with Crippen LogP contribution in [0.1, 0.15) is 25.3 Å². The maximum absolute atomic E-state index is 11.8. The minimum absolute atomic E-state index is 0.209. The zero-order valence-electron chi connectivity index (χ0n) is 9.09. The van der Waals surface area contributed by atoms with Crippen LogP contribution >= 0.6 is 11.6 Å². The number of halogens is 1. The van der Waals surface area contributed by atoms with Gasteiger partial charge in [-0.2, -0.15) is 0 Å². The van der Waals surface area contributed by atoms with E-state index in [1.807, 2.05) is 23.1 Å². The van der Waals surface area contributed by atoms with Crippen LogP contribution in [0.15, 0.2) is 18.2 Å². The third-order valence-corrected chi connectivity index (χ3v) is 3.92. The third kappa shape index (κ3) is 1.24. The monoisotopic (exact) mass is 236 g/mol. The Kier molecular flexibility index (Phi) is 1.96. The van der Waals surface area contributed by atoms with Crippen molar-refractivity contribution in [3.63, 3.8) is 0 Å². The van der Waals surface area contributed by atoms with Crippen molar-refractivity contribution < 1.29 is 4.79 Å². The van der Waals surface area contributed by atoms with E-state index in [0.29, 0.717) is 13.0 Å². The van der Waals surface area contributed by atoms with E-state index in [9.17, 15) is 4.79 Å². The number of anilines is 1. The summed E-state index contributed by atoms with van der Waals surface area (Å²) in [5.74, 6) is 0.209. The summed E-state index contributed by atoms with van der Waals surface area (Å²) >= 11 is 6.15. The van der Waals surface area contributed by atoms with Crippen LogP contribution in [0.5, 0.6) is 0 Å². The second-order valence-corrected chi connectivity index (χ2v) is 5.05. The second-order valence-electron chi connectivity index (χ2n) is 4.64. The van der Waals surface area contributed by atoms with Crippen molar-refractivity contribution in [3.8, 4) is 0 Å². The number of carbonyl (C=O) groups is 1. The molecule has 0 saturated carbocycles. The number of fused-ring (bicyclic) bond motifs is 2. The van der Waals surface area contributed by atoms with E-state index in [1.54, 1.807) is 0 Å². The van der Waals surface area contributed by atoms with Gasteiger partial charge in [0, 0.05) is 22.7 Å². The highest BCUT2D eigenvalue weighted by molar-refractivity contribution is 6.31. The first-order valence-electron chi connectivity index (χ1n) is 5.46. The molecule has 1 fully saturated rings. The molecule has 0 aromatic heterocycles. The van der Waals surface area contributed by atoms with Crippen LogP contribution in [-0.4, -0.2) is 16.5 Å². The Morgan fingerprint density at radius 2 is 2.31 bits per heavy atom. The number of carbonyl (C=O) groups excluding carboxylic acids is 1. The number of hydrogen-bond donors (Lipinski definition) is 1. The Hall–Kier alpha value is -1.22. The zero-order valence-corrected chi connectivity index (χ0v) is 9.84. The van der Waals surface area contributed by atoms with Gasteiger partial charge in [-0.3, -0.25) is 4.79 Å². The van der Waals surface area contributed by atoms with Crippen LogP contribution in [0.3, 0.4) is 0 Å². The van der Waals surface area contributed by atoms with Gasteiger partial charge in [0.1, 0.15) is 5.66 Å². The van der Waals surface area contributed by atoms with Gasteiger partial charge in [-0.05, 0) is 25.5 Å². The molecule has 3 nitrogen and oxygen atoms in total. The number of amides is 1. The Labute approximate surface area is 99.4 Å². The van der Waals surface area contributed by atoms with Crippen molar-refractivity contribution in [2.45, 2.75) is 32.0 Å². The maximum atomic E-state index is 11.8. The van der Waals surface area contributed by atoms with E-state index in [0.717, 1.165) is 22.7 Å². The van der Waals surface area contributed by atoms with Gasteiger partial charge in [-0.15, -0.1) is 0 Å². The topological polar surface area (TPSA) is 32.3 Å². The lowest BCUT2D eigenvalue weighted by molar-refractivity contribution is -0.131. The molecule has 1 atom stereocenters. The molecule has 0 radical (unpaired) electrons. The van der Waals surface area contributed by atoms with Crippen LogP contribution in [0.2, 0.25) is 5.02 Å². The molecule has 2 aliphatic heterocycles. The van der Waals surface area contributed by atoms with E-state index in [-0.39, 0.29) is 11.6 Å². The van der Waals surface area contributed by atoms with Gasteiger partial charge in [-0.25, -0.2) is 0 Å². The third-order valence-electron chi connectivity index (χ3n) is 3.56. The van der Waals surface area contributed by atoms with Gasteiger partial charge in [0.15, 0.2) is 0 Å². The quantitative estimate of drug-likeness (QED) is 0.751. The normalized spacial score (nSPS) is 27.4. The van der Waals surface area contributed by atoms with Crippen molar-refractivity contribution in [1.29, 1.82) is 0 Å². The number of nitrogens with one attached hydrogen (secondary N) is 1. The molecular formula is C12H13ClN2O. The molecule has 1 N–H and O–H groups in total. The smallest absolute Gasteiger partial charge is 0.224 e. The van der Waals surface area contributed by atoms with Gasteiger partial charge >= 0.3 is 0 Å². The molecule has 16 heavy (non-hydrogen) atoms. The maximum Gasteiger partial charge on any atom is 0.224 e. The number of hydrogen-bond acceptors (Lipinski definition) is 2. The van der Waals surface area contributed by atoms with Crippen molar-refractivity contribution in [3.05, 3.63) is 28.8 Å². The molecule has 1 unspecified atom stereocenters. The highest BCUT2D eigenvalue weighted by atomic mass is 35.5. The first kappa shape index (κ1) is 9.97. The number of benzene rings is 1. The summed E-state index contributed by atoms with van der Waals surface area (Å²) in [6, 6.07) is 5.82. The van der Waals surface area contributed by atoms with Crippen LogP contribution in [0.4, 0.5) is 5.69 Å². The molecule has 1 amide bonds. The van der Waals surface area contributed by atoms with Crippen molar-refractivity contribution in [2.24, 2.45) is 0 Å². The number of nitrogens with zero attached hydrogens (tertiary/aromatic N) is 1. The fraction of sp³-hybridized carbons (Fsp3) is 0.417. The molecule has 2 heterocycles. The summed E-state index contributed by atoms with van der Waals surface area (Å²) in [5.41, 5.74) is 1.85.